The van der Waals surface area contributed by atoms with E-state index in [1.54, 1.807) is 0 Å². The van der Waals surface area contributed by atoms with E-state index in [1.165, 1.54) is 24.3 Å². The molecule has 0 amide bonds. The Balaban J connectivity index is 2.57. The maximum atomic E-state index is 13.5. The number of halogens is 6. The lowest BCUT2D eigenvalue weighted by atomic mass is 9.99. The standard InChI is InChI=1S/C13H8F6O/c14-11(13(17,18)19)12(15,16)8-5-7-3-1-2-4-9(7)10(20)6-8/h1-6,11,20H. The van der Waals surface area contributed by atoms with Crippen LogP contribution in [0.3, 0.4) is 0 Å². The van der Waals surface area contributed by atoms with Crippen LogP contribution in [0, 0.1) is 0 Å². The SMILES string of the molecule is Oc1cc(C(F)(F)C(F)C(F)(F)F)cc2ccccc12. The Bertz CT molecular complexity index is 634. The predicted octanol–water partition coefficient (Wildman–Crippen LogP) is 4.54. The lowest BCUT2D eigenvalue weighted by Gasteiger charge is -2.23. The first-order valence-electron chi connectivity index (χ1n) is 5.45. The molecule has 0 aliphatic carbocycles. The lowest BCUT2D eigenvalue weighted by molar-refractivity contribution is -0.248. The van der Waals surface area contributed by atoms with Crippen LogP contribution in [0.25, 0.3) is 10.8 Å². The molecule has 1 nitrogen and oxygen atoms in total. The molecule has 0 aromatic heterocycles. The van der Waals surface area contributed by atoms with Gasteiger partial charge in [-0.3, -0.25) is 0 Å². The number of aromatic hydroxyl groups is 1. The molecular formula is C13H8F6O. The van der Waals surface area contributed by atoms with Gasteiger partial charge in [0.15, 0.2) is 0 Å². The first-order valence-corrected chi connectivity index (χ1v) is 5.45. The minimum Gasteiger partial charge on any atom is -0.507 e. The second-order valence-corrected chi connectivity index (χ2v) is 4.24. The van der Waals surface area contributed by atoms with Gasteiger partial charge in [0.05, 0.1) is 0 Å². The lowest BCUT2D eigenvalue weighted by Crippen LogP contribution is -2.39. The number of phenolic OH excluding ortho intramolecular Hbond substituents is 1. The molecule has 2 aromatic rings. The van der Waals surface area contributed by atoms with Gasteiger partial charge in [0.2, 0.25) is 0 Å². The molecule has 0 bridgehead atoms. The van der Waals surface area contributed by atoms with Crippen molar-refractivity contribution in [3.63, 3.8) is 0 Å². The molecule has 0 spiro atoms. The fourth-order valence-electron chi connectivity index (χ4n) is 1.83. The highest BCUT2D eigenvalue weighted by Crippen LogP contribution is 2.43. The van der Waals surface area contributed by atoms with E-state index in [0.29, 0.717) is 6.07 Å². The van der Waals surface area contributed by atoms with Crippen LogP contribution < -0.4 is 0 Å². The van der Waals surface area contributed by atoms with Gasteiger partial charge in [-0.1, -0.05) is 24.3 Å². The first kappa shape index (κ1) is 14.5. The molecule has 0 radical (unpaired) electrons. The quantitative estimate of drug-likeness (QED) is 0.806. The second kappa shape index (κ2) is 4.57. The number of hydrogen-bond acceptors (Lipinski definition) is 1. The third-order valence-corrected chi connectivity index (χ3v) is 2.83. The van der Waals surface area contributed by atoms with Crippen molar-refractivity contribution in [1.29, 1.82) is 0 Å². The number of alkyl halides is 6. The van der Waals surface area contributed by atoms with Gasteiger partial charge in [0.1, 0.15) is 5.75 Å². The first-order chi connectivity index (χ1) is 9.14. The van der Waals surface area contributed by atoms with Gasteiger partial charge in [0.25, 0.3) is 6.17 Å². The molecule has 108 valence electrons. The Morgan fingerprint density at radius 3 is 2.15 bits per heavy atom. The Labute approximate surface area is 109 Å². The Morgan fingerprint density at radius 2 is 1.55 bits per heavy atom. The second-order valence-electron chi connectivity index (χ2n) is 4.24. The highest BCUT2D eigenvalue weighted by Gasteiger charge is 2.57. The fraction of sp³-hybridized carbons (Fsp3) is 0.231. The van der Waals surface area contributed by atoms with Gasteiger partial charge in [-0.15, -0.1) is 0 Å². The summed E-state index contributed by atoms with van der Waals surface area (Å²) in [5.74, 6) is -5.41. The van der Waals surface area contributed by atoms with Gasteiger partial charge in [-0.2, -0.15) is 22.0 Å². The molecule has 0 heterocycles. The highest BCUT2D eigenvalue weighted by atomic mass is 19.4. The molecule has 0 aliphatic heterocycles. The van der Waals surface area contributed by atoms with Crippen LogP contribution in [-0.4, -0.2) is 17.5 Å². The van der Waals surface area contributed by atoms with Crippen molar-refractivity contribution in [2.24, 2.45) is 0 Å². The number of hydrogen-bond donors (Lipinski definition) is 1. The van der Waals surface area contributed by atoms with Crippen LogP contribution in [0.1, 0.15) is 5.56 Å². The molecule has 2 rings (SSSR count). The Hall–Kier alpha value is -1.92. The third kappa shape index (κ3) is 2.39. The maximum Gasteiger partial charge on any atom is 0.426 e. The Morgan fingerprint density at radius 1 is 0.950 bits per heavy atom. The Kier molecular flexibility index (Phi) is 3.31. The van der Waals surface area contributed by atoms with Crippen LogP contribution in [0.15, 0.2) is 36.4 Å². The number of benzene rings is 2. The van der Waals surface area contributed by atoms with Gasteiger partial charge in [-0.25, -0.2) is 4.39 Å². The normalized spacial score (nSPS) is 14.5. The van der Waals surface area contributed by atoms with E-state index in [9.17, 15) is 31.4 Å². The van der Waals surface area contributed by atoms with Crippen LogP contribution in [-0.2, 0) is 5.92 Å². The summed E-state index contributed by atoms with van der Waals surface area (Å²) in [7, 11) is 0. The van der Waals surface area contributed by atoms with Crippen molar-refractivity contribution in [1.82, 2.24) is 0 Å². The number of phenols is 1. The summed E-state index contributed by atoms with van der Waals surface area (Å²) in [5, 5.41) is 9.85. The molecule has 1 unspecified atom stereocenters. The molecule has 0 saturated carbocycles. The summed E-state index contributed by atoms with van der Waals surface area (Å²) in [4.78, 5) is 0. The molecule has 0 fully saturated rings. The molecule has 1 atom stereocenters. The van der Waals surface area contributed by atoms with E-state index in [1.807, 2.05) is 0 Å². The van der Waals surface area contributed by atoms with E-state index < -0.39 is 29.6 Å². The summed E-state index contributed by atoms with van der Waals surface area (Å²) in [6.07, 6.45) is -10.0. The molecule has 2 aromatic carbocycles. The monoisotopic (exact) mass is 294 g/mol. The minimum absolute atomic E-state index is 0.0940. The van der Waals surface area contributed by atoms with Crippen molar-refractivity contribution in [3.8, 4) is 5.75 Å². The van der Waals surface area contributed by atoms with Crippen LogP contribution in [0.2, 0.25) is 0 Å². The van der Waals surface area contributed by atoms with E-state index in [-0.39, 0.29) is 10.8 Å². The fourth-order valence-corrected chi connectivity index (χ4v) is 1.83. The molecular weight excluding hydrogens is 286 g/mol. The summed E-state index contributed by atoms with van der Waals surface area (Å²) < 4.78 is 76.4. The number of fused-ring (bicyclic) bond motifs is 1. The van der Waals surface area contributed by atoms with Crippen molar-refractivity contribution in [2.75, 3.05) is 0 Å². The van der Waals surface area contributed by atoms with Crippen molar-refractivity contribution < 1.29 is 31.4 Å². The van der Waals surface area contributed by atoms with Gasteiger partial charge in [-0.05, 0) is 17.5 Å². The zero-order valence-corrected chi connectivity index (χ0v) is 9.76. The summed E-state index contributed by atoms with van der Waals surface area (Å²) in [6, 6.07) is 6.89. The van der Waals surface area contributed by atoms with Crippen molar-refractivity contribution >= 4 is 10.8 Å². The van der Waals surface area contributed by atoms with E-state index in [0.717, 1.165) is 6.07 Å². The zero-order chi connectivity index (χ0) is 15.1. The maximum absolute atomic E-state index is 13.5. The summed E-state index contributed by atoms with van der Waals surface area (Å²) in [5.41, 5.74) is -1.22. The highest BCUT2D eigenvalue weighted by molar-refractivity contribution is 5.88. The molecule has 0 saturated heterocycles. The summed E-state index contributed by atoms with van der Waals surface area (Å²) in [6.45, 7) is 0. The van der Waals surface area contributed by atoms with Crippen molar-refractivity contribution in [3.05, 3.63) is 42.0 Å². The molecule has 20 heavy (non-hydrogen) atoms. The molecule has 1 N–H and O–H groups in total. The van der Waals surface area contributed by atoms with Crippen LogP contribution >= 0.6 is 0 Å². The molecule has 0 aliphatic rings. The zero-order valence-electron chi connectivity index (χ0n) is 9.76. The van der Waals surface area contributed by atoms with E-state index >= 15 is 0 Å². The topological polar surface area (TPSA) is 20.2 Å². The minimum atomic E-state index is -5.69. The van der Waals surface area contributed by atoms with Gasteiger partial charge in [0, 0.05) is 10.9 Å². The van der Waals surface area contributed by atoms with Gasteiger partial charge < -0.3 is 5.11 Å². The average Bonchev–Trinajstić information content (AvgIpc) is 2.36. The van der Waals surface area contributed by atoms with Crippen LogP contribution in [0.5, 0.6) is 5.75 Å². The van der Waals surface area contributed by atoms with Crippen molar-refractivity contribution in [2.45, 2.75) is 18.3 Å². The van der Waals surface area contributed by atoms with E-state index in [4.69, 9.17) is 0 Å². The smallest absolute Gasteiger partial charge is 0.426 e. The average molecular weight is 294 g/mol. The van der Waals surface area contributed by atoms with Gasteiger partial charge >= 0.3 is 12.1 Å². The largest absolute Gasteiger partial charge is 0.507 e. The molecule has 7 heteroatoms. The third-order valence-electron chi connectivity index (χ3n) is 2.83. The van der Waals surface area contributed by atoms with E-state index in [2.05, 4.69) is 0 Å². The predicted molar refractivity (Wildman–Crippen MR) is 60.5 cm³/mol. The van der Waals surface area contributed by atoms with Crippen LogP contribution in [0.4, 0.5) is 26.3 Å². The summed E-state index contributed by atoms with van der Waals surface area (Å²) >= 11 is 0. The number of rotatable bonds is 2.